The van der Waals surface area contributed by atoms with Gasteiger partial charge in [-0.1, -0.05) is 17.7 Å². The molecule has 1 heterocycles. The zero-order valence-electron chi connectivity index (χ0n) is 17.4. The van der Waals surface area contributed by atoms with Crippen LogP contribution in [0.15, 0.2) is 29.2 Å². The summed E-state index contributed by atoms with van der Waals surface area (Å²) in [6, 6.07) is 5.35. The van der Waals surface area contributed by atoms with E-state index in [0.29, 0.717) is 11.1 Å². The van der Waals surface area contributed by atoms with Gasteiger partial charge in [-0.25, -0.2) is 21.6 Å². The number of sulfonamides is 1. The summed E-state index contributed by atoms with van der Waals surface area (Å²) >= 11 is 0. The Morgan fingerprint density at radius 1 is 1.00 bits per heavy atom. The van der Waals surface area contributed by atoms with Crippen LogP contribution in [0.2, 0.25) is 0 Å². The molecule has 0 bridgehead atoms. The second-order valence-electron chi connectivity index (χ2n) is 7.74. The summed E-state index contributed by atoms with van der Waals surface area (Å²) in [6.45, 7) is 5.74. The molecule has 2 aromatic carbocycles. The maximum absolute atomic E-state index is 13.7. The third-order valence-corrected chi connectivity index (χ3v) is 7.59. The summed E-state index contributed by atoms with van der Waals surface area (Å²) in [6.07, 6.45) is 0.550. The van der Waals surface area contributed by atoms with Crippen molar-refractivity contribution < 1.29 is 26.4 Å². The predicted molar refractivity (Wildman–Crippen MR) is 110 cm³/mol. The molecule has 3 rings (SSSR count). The van der Waals surface area contributed by atoms with Gasteiger partial charge in [0.2, 0.25) is 15.9 Å². The molecule has 2 aromatic rings. The van der Waals surface area contributed by atoms with Gasteiger partial charge < -0.3 is 0 Å². The molecule has 0 unspecified atom stereocenters. The molecular formula is C21H24F3N3O3S. The largest absolute Gasteiger partial charge is 0.296 e. The molecule has 0 aliphatic carbocycles. The smallest absolute Gasteiger partial charge is 0.243 e. The lowest BCUT2D eigenvalue weighted by atomic mass is 9.98. The Morgan fingerprint density at radius 2 is 1.58 bits per heavy atom. The normalized spacial score (nSPS) is 15.7. The average Bonchev–Trinajstić information content (AvgIpc) is 2.70. The highest BCUT2D eigenvalue weighted by atomic mass is 32.2. The van der Waals surface area contributed by atoms with E-state index in [4.69, 9.17) is 0 Å². The van der Waals surface area contributed by atoms with Crippen LogP contribution in [0.25, 0.3) is 0 Å². The summed E-state index contributed by atoms with van der Waals surface area (Å²) in [5.74, 6) is -5.40. The number of nitrogens with one attached hydrogen (secondary N) is 2. The molecule has 1 amide bonds. The first-order chi connectivity index (χ1) is 14.5. The Hall–Kier alpha value is -2.59. The fourth-order valence-corrected chi connectivity index (χ4v) is 5.80. The Balaban J connectivity index is 1.63. The highest BCUT2D eigenvalue weighted by Crippen LogP contribution is 2.29. The minimum absolute atomic E-state index is 0.159. The number of hydrogen-bond donors (Lipinski definition) is 2. The van der Waals surface area contributed by atoms with Crippen molar-refractivity contribution in [1.29, 1.82) is 0 Å². The number of rotatable bonds is 5. The van der Waals surface area contributed by atoms with Crippen LogP contribution in [-0.2, 0) is 14.8 Å². The van der Waals surface area contributed by atoms with E-state index in [9.17, 15) is 26.4 Å². The molecule has 10 heteroatoms. The number of amides is 1. The molecule has 1 fully saturated rings. The number of piperidine rings is 1. The van der Waals surface area contributed by atoms with E-state index in [-0.39, 0.29) is 30.8 Å². The second-order valence-corrected chi connectivity index (χ2v) is 9.62. The summed E-state index contributed by atoms with van der Waals surface area (Å²) in [5.41, 5.74) is 6.46. The van der Waals surface area contributed by atoms with Gasteiger partial charge in [-0.2, -0.15) is 4.31 Å². The molecule has 0 spiro atoms. The number of hydrogen-bond acceptors (Lipinski definition) is 4. The zero-order valence-corrected chi connectivity index (χ0v) is 18.2. The third kappa shape index (κ3) is 4.69. The van der Waals surface area contributed by atoms with Crippen molar-refractivity contribution in [2.24, 2.45) is 5.92 Å². The predicted octanol–water partition coefficient (Wildman–Crippen LogP) is 3.57. The monoisotopic (exact) mass is 455 g/mol. The van der Waals surface area contributed by atoms with Gasteiger partial charge in [0.05, 0.1) is 10.6 Å². The Morgan fingerprint density at radius 3 is 2.16 bits per heavy atom. The molecule has 0 saturated carbocycles. The minimum atomic E-state index is -3.70. The number of benzene rings is 2. The molecule has 1 aliphatic rings. The topological polar surface area (TPSA) is 78.5 Å². The van der Waals surface area contributed by atoms with Crippen molar-refractivity contribution in [3.8, 4) is 0 Å². The quantitative estimate of drug-likeness (QED) is 0.534. The van der Waals surface area contributed by atoms with Gasteiger partial charge in [0.15, 0.2) is 17.5 Å². The first-order valence-corrected chi connectivity index (χ1v) is 11.2. The van der Waals surface area contributed by atoms with Gasteiger partial charge in [0.25, 0.3) is 0 Å². The summed E-state index contributed by atoms with van der Waals surface area (Å²) in [5, 5.41) is 0. The first-order valence-electron chi connectivity index (χ1n) is 9.79. The molecule has 1 aliphatic heterocycles. The number of nitrogens with zero attached hydrogens (tertiary/aromatic N) is 1. The van der Waals surface area contributed by atoms with Gasteiger partial charge >= 0.3 is 0 Å². The maximum Gasteiger partial charge on any atom is 0.243 e. The lowest BCUT2D eigenvalue weighted by molar-refractivity contribution is -0.125. The van der Waals surface area contributed by atoms with Gasteiger partial charge in [-0.3, -0.25) is 15.6 Å². The second kappa shape index (κ2) is 8.88. The van der Waals surface area contributed by atoms with E-state index in [1.807, 2.05) is 19.1 Å². The number of anilines is 1. The van der Waals surface area contributed by atoms with E-state index >= 15 is 0 Å². The van der Waals surface area contributed by atoms with Crippen molar-refractivity contribution in [1.82, 2.24) is 9.73 Å². The fraction of sp³-hybridized carbons (Fsp3) is 0.381. The van der Waals surface area contributed by atoms with Gasteiger partial charge in [-0.15, -0.1) is 0 Å². The molecule has 2 N–H and O–H groups in total. The summed E-state index contributed by atoms with van der Waals surface area (Å²) in [7, 11) is -3.70. The molecule has 6 nitrogen and oxygen atoms in total. The van der Waals surface area contributed by atoms with E-state index in [2.05, 4.69) is 10.9 Å². The lowest BCUT2D eigenvalue weighted by Gasteiger charge is -2.31. The molecule has 0 radical (unpaired) electrons. The van der Waals surface area contributed by atoms with Crippen LogP contribution in [-0.4, -0.2) is 31.7 Å². The van der Waals surface area contributed by atoms with Crippen molar-refractivity contribution >= 4 is 21.6 Å². The van der Waals surface area contributed by atoms with Crippen molar-refractivity contribution in [3.63, 3.8) is 0 Å². The number of carbonyl (C=O) groups excluding carboxylic acids is 1. The summed E-state index contributed by atoms with van der Waals surface area (Å²) in [4.78, 5) is 12.7. The standard InChI is InChI=1S/C21H24F3N3O3S/c1-12-10-13(2)20(14(3)11-12)31(29,30)27-8-6-15(7-9-27)21(28)26-25-17-5-4-16(22)18(23)19(17)24/h4-5,10-11,15,25H,6-9H2,1-3H3,(H,26,28). The minimum Gasteiger partial charge on any atom is -0.296 e. The number of carbonyl (C=O) groups is 1. The van der Waals surface area contributed by atoms with E-state index in [1.54, 1.807) is 13.8 Å². The highest BCUT2D eigenvalue weighted by Gasteiger charge is 2.33. The zero-order chi connectivity index (χ0) is 22.9. The van der Waals surface area contributed by atoms with Crippen LogP contribution < -0.4 is 10.9 Å². The highest BCUT2D eigenvalue weighted by molar-refractivity contribution is 7.89. The third-order valence-electron chi connectivity index (χ3n) is 5.38. The summed E-state index contributed by atoms with van der Waals surface area (Å²) < 4.78 is 67.6. The maximum atomic E-state index is 13.7. The molecule has 0 aromatic heterocycles. The number of aryl methyl sites for hydroxylation is 3. The Labute approximate surface area is 179 Å². The first kappa shape index (κ1) is 23.1. The van der Waals surface area contributed by atoms with E-state index < -0.39 is 45.0 Å². The SMILES string of the molecule is Cc1cc(C)c(S(=O)(=O)N2CCC(C(=O)NNc3ccc(F)c(F)c3F)CC2)c(C)c1. The van der Waals surface area contributed by atoms with Gasteiger partial charge in [-0.05, 0) is 56.9 Å². The van der Waals surface area contributed by atoms with Crippen LogP contribution >= 0.6 is 0 Å². The molecule has 0 atom stereocenters. The lowest BCUT2D eigenvalue weighted by Crippen LogP contribution is -2.44. The van der Waals surface area contributed by atoms with Gasteiger partial charge in [0.1, 0.15) is 0 Å². The van der Waals surface area contributed by atoms with Crippen LogP contribution in [0.5, 0.6) is 0 Å². The Bertz CT molecular complexity index is 1090. The van der Waals surface area contributed by atoms with Crippen LogP contribution in [0.3, 0.4) is 0 Å². The van der Waals surface area contributed by atoms with Gasteiger partial charge in [0, 0.05) is 19.0 Å². The van der Waals surface area contributed by atoms with E-state index in [0.717, 1.165) is 17.7 Å². The van der Waals surface area contributed by atoms with Crippen molar-refractivity contribution in [2.45, 2.75) is 38.5 Å². The molecule has 31 heavy (non-hydrogen) atoms. The van der Waals surface area contributed by atoms with Crippen LogP contribution in [0.1, 0.15) is 29.5 Å². The Kier molecular flexibility index (Phi) is 6.61. The van der Waals surface area contributed by atoms with Crippen molar-refractivity contribution in [2.75, 3.05) is 18.5 Å². The van der Waals surface area contributed by atoms with Crippen molar-refractivity contribution in [3.05, 3.63) is 58.4 Å². The number of halogens is 3. The van der Waals surface area contributed by atoms with E-state index in [1.165, 1.54) is 4.31 Å². The van der Waals surface area contributed by atoms with Crippen LogP contribution in [0.4, 0.5) is 18.9 Å². The number of hydrazine groups is 1. The molecule has 1 saturated heterocycles. The molecular weight excluding hydrogens is 431 g/mol. The molecule has 168 valence electrons. The fourth-order valence-electron chi connectivity index (χ4n) is 3.91. The van der Waals surface area contributed by atoms with Crippen LogP contribution in [0, 0.1) is 44.1 Å². The average molecular weight is 456 g/mol.